The molecular formula is C17H18FN3O5. The molecule has 2 atom stereocenters. The maximum absolute atomic E-state index is 14.4. The van der Waals surface area contributed by atoms with Crippen molar-refractivity contribution >= 4 is 17.0 Å². The molecule has 8 nitrogen and oxygen atoms in total. The van der Waals surface area contributed by atoms with Crippen molar-refractivity contribution in [1.82, 2.24) is 14.9 Å². The van der Waals surface area contributed by atoms with Crippen molar-refractivity contribution in [2.75, 3.05) is 13.1 Å². The quantitative estimate of drug-likeness (QED) is 0.859. The Labute approximate surface area is 148 Å². The topological polar surface area (TPSA) is 105 Å². The van der Waals surface area contributed by atoms with Crippen molar-refractivity contribution in [3.63, 3.8) is 0 Å². The highest BCUT2D eigenvalue weighted by molar-refractivity contribution is 5.86. The molecule has 2 aromatic rings. The smallest absolute Gasteiger partial charge is 0.407 e. The maximum atomic E-state index is 14.4. The van der Waals surface area contributed by atoms with Crippen LogP contribution in [0.25, 0.3) is 10.9 Å². The fourth-order valence-corrected chi connectivity index (χ4v) is 2.95. The van der Waals surface area contributed by atoms with Crippen LogP contribution in [0.15, 0.2) is 18.5 Å². The average molecular weight is 363 g/mol. The number of halogens is 1. The number of carbonyl (C=O) groups is 1. The Morgan fingerprint density at radius 2 is 1.96 bits per heavy atom. The molecule has 0 bridgehead atoms. The van der Waals surface area contributed by atoms with Gasteiger partial charge < -0.3 is 24.6 Å². The molecule has 4 rings (SSSR count). The number of benzene rings is 1. The lowest BCUT2D eigenvalue weighted by molar-refractivity contribution is 0.0233. The molecular weight excluding hydrogens is 345 g/mol. The summed E-state index contributed by atoms with van der Waals surface area (Å²) in [4.78, 5) is 19.9. The molecule has 26 heavy (non-hydrogen) atoms. The first-order valence-electron chi connectivity index (χ1n) is 8.44. The molecule has 1 saturated heterocycles. The van der Waals surface area contributed by atoms with E-state index in [1.165, 1.54) is 6.33 Å². The number of nitrogens with zero attached hydrogens (tertiary/aromatic N) is 3. The van der Waals surface area contributed by atoms with E-state index in [0.717, 1.165) is 17.7 Å². The first-order valence-corrected chi connectivity index (χ1v) is 8.44. The third kappa shape index (κ3) is 3.29. The Morgan fingerprint density at radius 3 is 2.65 bits per heavy atom. The molecule has 2 fully saturated rings. The number of fused-ring (bicyclic) bond motifs is 1. The summed E-state index contributed by atoms with van der Waals surface area (Å²) >= 11 is 0. The van der Waals surface area contributed by atoms with Crippen molar-refractivity contribution in [3.8, 4) is 17.4 Å². The molecule has 0 spiro atoms. The SMILES string of the molecule is O=C(O)N1CC[C@@H](Oc2cc3c(O)ncnc3cc2OC2CC2)[C@H](F)C1. The van der Waals surface area contributed by atoms with Gasteiger partial charge in [-0.15, -0.1) is 0 Å². The predicted molar refractivity (Wildman–Crippen MR) is 88.4 cm³/mol. The van der Waals surface area contributed by atoms with Gasteiger partial charge in [0.25, 0.3) is 0 Å². The predicted octanol–water partition coefficient (Wildman–Crippen LogP) is 2.35. The molecule has 1 aromatic carbocycles. The first kappa shape index (κ1) is 16.6. The molecule has 1 amide bonds. The number of carboxylic acid groups (broad SMARTS) is 1. The number of alkyl halides is 1. The Bertz CT molecular complexity index is 845. The minimum atomic E-state index is -1.45. The third-order valence-corrected chi connectivity index (χ3v) is 4.53. The second-order valence-corrected chi connectivity index (χ2v) is 6.52. The monoisotopic (exact) mass is 363 g/mol. The lowest BCUT2D eigenvalue weighted by Crippen LogP contribution is -2.48. The van der Waals surface area contributed by atoms with E-state index in [2.05, 4.69) is 9.97 Å². The molecule has 2 aliphatic rings. The van der Waals surface area contributed by atoms with Crippen molar-refractivity contribution in [1.29, 1.82) is 0 Å². The van der Waals surface area contributed by atoms with Gasteiger partial charge in [-0.3, -0.25) is 0 Å². The van der Waals surface area contributed by atoms with Crippen LogP contribution in [-0.4, -0.2) is 62.6 Å². The van der Waals surface area contributed by atoms with Crippen LogP contribution in [0.1, 0.15) is 19.3 Å². The fourth-order valence-electron chi connectivity index (χ4n) is 2.95. The van der Waals surface area contributed by atoms with E-state index in [1.807, 2.05) is 0 Å². The van der Waals surface area contributed by atoms with Crippen LogP contribution < -0.4 is 9.47 Å². The zero-order chi connectivity index (χ0) is 18.3. The van der Waals surface area contributed by atoms with Gasteiger partial charge in [0.05, 0.1) is 23.6 Å². The Kier molecular flexibility index (Phi) is 4.14. The second kappa shape index (κ2) is 6.47. The lowest BCUT2D eigenvalue weighted by atomic mass is 10.1. The van der Waals surface area contributed by atoms with Crippen LogP contribution >= 0.6 is 0 Å². The molecule has 1 aliphatic carbocycles. The van der Waals surface area contributed by atoms with Gasteiger partial charge in [0.15, 0.2) is 17.7 Å². The summed E-state index contributed by atoms with van der Waals surface area (Å²) < 4.78 is 26.1. The number of piperidine rings is 1. The molecule has 1 saturated carbocycles. The standard InChI is InChI=1S/C17H18FN3O5/c18-11-7-21(17(23)24)4-3-13(11)26-14-5-10-12(19-8-20-16(10)22)6-15(14)25-9-1-2-9/h5-6,8-9,11,13H,1-4,7H2,(H,23,24)(H,19,20,22)/t11-,13-/m1/s1. The molecule has 138 valence electrons. The Balaban J connectivity index is 1.62. The average Bonchev–Trinajstić information content (AvgIpc) is 3.41. The normalized spacial score (nSPS) is 23.0. The number of hydrogen-bond donors (Lipinski definition) is 2. The number of ether oxygens (including phenoxy) is 2. The van der Waals surface area contributed by atoms with E-state index in [0.29, 0.717) is 22.4 Å². The molecule has 2 heterocycles. The summed E-state index contributed by atoms with van der Waals surface area (Å²) in [6, 6.07) is 3.18. The summed E-state index contributed by atoms with van der Waals surface area (Å²) in [5, 5.41) is 19.3. The molecule has 1 aromatic heterocycles. The lowest BCUT2D eigenvalue weighted by Gasteiger charge is -2.33. The van der Waals surface area contributed by atoms with Crippen molar-refractivity contribution in [2.24, 2.45) is 0 Å². The van der Waals surface area contributed by atoms with Crippen molar-refractivity contribution in [3.05, 3.63) is 18.5 Å². The van der Waals surface area contributed by atoms with E-state index in [4.69, 9.17) is 14.6 Å². The van der Waals surface area contributed by atoms with Gasteiger partial charge >= 0.3 is 6.09 Å². The molecule has 0 radical (unpaired) electrons. The van der Waals surface area contributed by atoms with E-state index < -0.39 is 18.4 Å². The Hall–Kier alpha value is -2.84. The molecule has 0 unspecified atom stereocenters. The van der Waals surface area contributed by atoms with Crippen LogP contribution in [0, 0.1) is 0 Å². The van der Waals surface area contributed by atoms with Gasteiger partial charge in [-0.25, -0.2) is 19.2 Å². The molecule has 9 heteroatoms. The molecule has 2 N–H and O–H groups in total. The van der Waals surface area contributed by atoms with Gasteiger partial charge in [0, 0.05) is 19.0 Å². The van der Waals surface area contributed by atoms with Crippen LogP contribution in [0.2, 0.25) is 0 Å². The highest BCUT2D eigenvalue weighted by Crippen LogP contribution is 2.39. The maximum Gasteiger partial charge on any atom is 0.407 e. The number of rotatable bonds is 4. The highest BCUT2D eigenvalue weighted by Gasteiger charge is 2.34. The van der Waals surface area contributed by atoms with E-state index >= 15 is 0 Å². The van der Waals surface area contributed by atoms with E-state index in [9.17, 15) is 14.3 Å². The summed E-state index contributed by atoms with van der Waals surface area (Å²) in [6.07, 6.45) is 0.0623. The second-order valence-electron chi connectivity index (χ2n) is 6.52. The largest absolute Gasteiger partial charge is 0.493 e. The zero-order valence-corrected chi connectivity index (χ0v) is 13.8. The minimum Gasteiger partial charge on any atom is -0.493 e. The minimum absolute atomic E-state index is 0.0975. The fraction of sp³-hybridized carbons (Fsp3) is 0.471. The summed E-state index contributed by atoms with van der Waals surface area (Å²) in [7, 11) is 0. The first-order chi connectivity index (χ1) is 12.5. The zero-order valence-electron chi connectivity index (χ0n) is 13.8. The van der Waals surface area contributed by atoms with Crippen LogP contribution in [-0.2, 0) is 0 Å². The third-order valence-electron chi connectivity index (χ3n) is 4.53. The van der Waals surface area contributed by atoms with Gasteiger partial charge in [-0.05, 0) is 18.9 Å². The number of amides is 1. The summed E-state index contributed by atoms with van der Waals surface area (Å²) in [5.41, 5.74) is 0.498. The highest BCUT2D eigenvalue weighted by atomic mass is 19.1. The van der Waals surface area contributed by atoms with Gasteiger partial charge in [-0.2, -0.15) is 0 Å². The number of hydrogen-bond acceptors (Lipinski definition) is 6. The Morgan fingerprint density at radius 1 is 1.19 bits per heavy atom. The van der Waals surface area contributed by atoms with Crippen molar-refractivity contribution in [2.45, 2.75) is 37.6 Å². The number of likely N-dealkylation sites (tertiary alicyclic amines) is 1. The van der Waals surface area contributed by atoms with Crippen LogP contribution in [0.5, 0.6) is 17.4 Å². The number of aromatic nitrogens is 2. The van der Waals surface area contributed by atoms with Crippen LogP contribution in [0.3, 0.4) is 0 Å². The van der Waals surface area contributed by atoms with Gasteiger partial charge in [0.1, 0.15) is 12.4 Å². The number of aromatic hydroxyl groups is 1. The van der Waals surface area contributed by atoms with E-state index in [1.54, 1.807) is 12.1 Å². The van der Waals surface area contributed by atoms with Gasteiger partial charge in [0.2, 0.25) is 5.88 Å². The van der Waals surface area contributed by atoms with Crippen molar-refractivity contribution < 1.29 is 28.9 Å². The summed E-state index contributed by atoms with van der Waals surface area (Å²) in [6.45, 7) is -0.0397. The van der Waals surface area contributed by atoms with Gasteiger partial charge in [-0.1, -0.05) is 0 Å². The molecule has 1 aliphatic heterocycles. The summed E-state index contributed by atoms with van der Waals surface area (Å²) in [5.74, 6) is 0.534. The van der Waals surface area contributed by atoms with Crippen LogP contribution in [0.4, 0.5) is 9.18 Å². The van der Waals surface area contributed by atoms with E-state index in [-0.39, 0.29) is 31.5 Å².